The van der Waals surface area contributed by atoms with E-state index in [1.54, 1.807) is 0 Å². The molecule has 0 spiro atoms. The van der Waals surface area contributed by atoms with E-state index in [9.17, 15) is 0 Å². The smallest absolute Gasteiger partial charge is 0.370 e. The van der Waals surface area contributed by atoms with Crippen molar-refractivity contribution in [3.63, 3.8) is 0 Å². The minimum absolute atomic E-state index is 0.804. The van der Waals surface area contributed by atoms with E-state index in [0.29, 0.717) is 0 Å². The lowest BCUT2D eigenvalue weighted by Gasteiger charge is -2.07. The van der Waals surface area contributed by atoms with E-state index in [1.807, 2.05) is 0 Å². The van der Waals surface area contributed by atoms with E-state index in [-0.39, 0.29) is 0 Å². The van der Waals surface area contributed by atoms with Gasteiger partial charge >= 0.3 is 5.90 Å². The fourth-order valence-electron chi connectivity index (χ4n) is 2.69. The molecule has 0 fully saturated rings. The monoisotopic (exact) mass is 254 g/mol. The Bertz CT molecular complexity index is 556. The predicted molar refractivity (Wildman–Crippen MR) is 78.4 cm³/mol. The molecule has 0 bridgehead atoms. The molecule has 3 rings (SSSR count). The fraction of sp³-hybridized carbons (Fsp3) is 0.353. The minimum Gasteiger partial charge on any atom is -0.438 e. The van der Waals surface area contributed by atoms with Crippen molar-refractivity contribution in [3.8, 4) is 0 Å². The van der Waals surface area contributed by atoms with Crippen LogP contribution in [-0.2, 0) is 4.74 Å². The first-order valence-corrected chi connectivity index (χ1v) is 7.07. The Kier molecular flexibility index (Phi) is 3.49. The Morgan fingerprint density at radius 3 is 2.79 bits per heavy atom. The maximum Gasteiger partial charge on any atom is 0.370 e. The van der Waals surface area contributed by atoms with Gasteiger partial charge in [0.1, 0.15) is 6.54 Å². The number of hydrogen-bond acceptors (Lipinski definition) is 1. The predicted octanol–water partition coefficient (Wildman–Crippen LogP) is 3.15. The zero-order valence-electron chi connectivity index (χ0n) is 11.4. The fourth-order valence-corrected chi connectivity index (χ4v) is 2.69. The summed E-state index contributed by atoms with van der Waals surface area (Å²) >= 11 is 0. The molecule has 1 aliphatic heterocycles. The second kappa shape index (κ2) is 5.43. The number of ether oxygens (including phenoxy) is 1. The van der Waals surface area contributed by atoms with Gasteiger partial charge in [-0.15, -0.1) is 0 Å². The van der Waals surface area contributed by atoms with Crippen LogP contribution in [0.5, 0.6) is 0 Å². The van der Waals surface area contributed by atoms with Crippen LogP contribution >= 0.6 is 0 Å². The normalized spacial score (nSPS) is 22.1. The lowest BCUT2D eigenvalue weighted by molar-refractivity contribution is -0.514. The molecule has 3 aliphatic rings. The van der Waals surface area contributed by atoms with Crippen LogP contribution in [0.1, 0.15) is 19.8 Å². The van der Waals surface area contributed by atoms with Crippen molar-refractivity contribution in [2.75, 3.05) is 19.7 Å². The van der Waals surface area contributed by atoms with Gasteiger partial charge < -0.3 is 4.74 Å². The third kappa shape index (κ3) is 2.48. The highest BCUT2D eigenvalue weighted by molar-refractivity contribution is 5.96. The van der Waals surface area contributed by atoms with E-state index in [4.69, 9.17) is 4.74 Å². The Labute approximate surface area is 114 Å². The highest BCUT2D eigenvalue weighted by Gasteiger charge is 2.29. The first-order chi connectivity index (χ1) is 9.38. The minimum atomic E-state index is 0.804. The van der Waals surface area contributed by atoms with Gasteiger partial charge in [0.15, 0.2) is 13.2 Å². The van der Waals surface area contributed by atoms with Gasteiger partial charge in [-0.3, -0.25) is 0 Å². The summed E-state index contributed by atoms with van der Waals surface area (Å²) < 4.78 is 8.23. The van der Waals surface area contributed by atoms with E-state index >= 15 is 0 Å². The average Bonchev–Trinajstić information content (AvgIpc) is 3.17. The first kappa shape index (κ1) is 12.2. The molecule has 0 radical (unpaired) electrons. The third-order valence-electron chi connectivity index (χ3n) is 3.75. The van der Waals surface area contributed by atoms with Crippen LogP contribution in [-0.4, -0.2) is 30.2 Å². The van der Waals surface area contributed by atoms with Crippen molar-refractivity contribution in [1.82, 2.24) is 0 Å². The lowest BCUT2D eigenvalue weighted by Crippen LogP contribution is -2.18. The molecule has 0 amide bonds. The maximum absolute atomic E-state index is 5.90. The van der Waals surface area contributed by atoms with Crippen molar-refractivity contribution < 1.29 is 9.31 Å². The SMILES string of the molecule is CC[N+]1=C(/C(=C\C2=CC=CC2)C2=CC=CC2)OCC1. The summed E-state index contributed by atoms with van der Waals surface area (Å²) in [5.41, 5.74) is 3.99. The summed E-state index contributed by atoms with van der Waals surface area (Å²) in [6, 6.07) is 0. The Morgan fingerprint density at radius 2 is 2.11 bits per heavy atom. The van der Waals surface area contributed by atoms with E-state index in [2.05, 4.69) is 54.0 Å². The molecule has 0 saturated carbocycles. The molecule has 19 heavy (non-hydrogen) atoms. The summed E-state index contributed by atoms with van der Waals surface area (Å²) in [5.74, 6) is 1.06. The number of rotatable bonds is 4. The molecule has 1 heterocycles. The van der Waals surface area contributed by atoms with Crippen molar-refractivity contribution >= 4 is 5.90 Å². The topological polar surface area (TPSA) is 12.2 Å². The highest BCUT2D eigenvalue weighted by atomic mass is 16.5. The summed E-state index contributed by atoms with van der Waals surface area (Å²) in [6.07, 6.45) is 17.4. The number of allylic oxidation sites excluding steroid dienone is 8. The molecular weight excluding hydrogens is 234 g/mol. The van der Waals surface area contributed by atoms with Crippen LogP contribution in [0.15, 0.2) is 59.3 Å². The number of likely N-dealkylation sites (N-methyl/N-ethyl adjacent to an activating group) is 1. The van der Waals surface area contributed by atoms with E-state index in [0.717, 1.165) is 38.4 Å². The summed E-state index contributed by atoms with van der Waals surface area (Å²) in [5, 5.41) is 0. The highest BCUT2D eigenvalue weighted by Crippen LogP contribution is 2.26. The molecule has 0 aromatic rings. The van der Waals surface area contributed by atoms with Gasteiger partial charge in [0.05, 0.1) is 5.57 Å². The number of nitrogens with zero attached hydrogens (tertiary/aromatic N) is 1. The van der Waals surface area contributed by atoms with Crippen molar-refractivity contribution in [2.24, 2.45) is 0 Å². The zero-order valence-corrected chi connectivity index (χ0v) is 11.4. The van der Waals surface area contributed by atoms with Crippen LogP contribution in [0.3, 0.4) is 0 Å². The van der Waals surface area contributed by atoms with Gasteiger partial charge in [-0.2, -0.15) is 4.58 Å². The van der Waals surface area contributed by atoms with Crippen LogP contribution < -0.4 is 0 Å². The third-order valence-corrected chi connectivity index (χ3v) is 3.75. The van der Waals surface area contributed by atoms with Gasteiger partial charge in [0.25, 0.3) is 0 Å². The molecule has 0 saturated heterocycles. The quantitative estimate of drug-likeness (QED) is 0.702. The second-order valence-corrected chi connectivity index (χ2v) is 4.99. The second-order valence-electron chi connectivity index (χ2n) is 4.99. The van der Waals surface area contributed by atoms with Crippen molar-refractivity contribution in [2.45, 2.75) is 19.8 Å². The molecule has 0 unspecified atom stereocenters. The van der Waals surface area contributed by atoms with Gasteiger partial charge in [-0.25, -0.2) is 0 Å². The summed E-state index contributed by atoms with van der Waals surface area (Å²) in [4.78, 5) is 0. The van der Waals surface area contributed by atoms with E-state index in [1.165, 1.54) is 16.7 Å². The molecule has 2 aliphatic carbocycles. The molecule has 0 aromatic heterocycles. The van der Waals surface area contributed by atoms with Crippen LogP contribution in [0.4, 0.5) is 0 Å². The molecule has 98 valence electrons. The lowest BCUT2D eigenvalue weighted by atomic mass is 10.0. The molecular formula is C17H20NO+. The van der Waals surface area contributed by atoms with Crippen molar-refractivity contribution in [3.05, 3.63) is 59.3 Å². The Hall–Kier alpha value is -1.83. The molecule has 0 aromatic carbocycles. The van der Waals surface area contributed by atoms with Crippen molar-refractivity contribution in [1.29, 1.82) is 0 Å². The van der Waals surface area contributed by atoms with Gasteiger partial charge in [0.2, 0.25) is 0 Å². The van der Waals surface area contributed by atoms with Gasteiger partial charge in [0, 0.05) is 0 Å². The largest absolute Gasteiger partial charge is 0.438 e. The standard InChI is InChI=1S/C17H20NO/c1-2-18-11-12-19-17(18)16(15-9-5-6-10-15)13-14-7-3-4-8-14/h3-7,9,13H,2,8,10-12H2,1H3/q+1/b16-13-. The summed E-state index contributed by atoms with van der Waals surface area (Å²) in [6.45, 7) is 4.99. The molecule has 2 heteroatoms. The maximum atomic E-state index is 5.90. The molecule has 0 atom stereocenters. The number of hydrogen-bond donors (Lipinski definition) is 0. The molecule has 0 N–H and O–H groups in total. The summed E-state index contributed by atoms with van der Waals surface area (Å²) in [7, 11) is 0. The molecule has 2 nitrogen and oxygen atoms in total. The Balaban J connectivity index is 1.97. The first-order valence-electron chi connectivity index (χ1n) is 7.07. The zero-order chi connectivity index (χ0) is 13.1. The average molecular weight is 254 g/mol. The van der Waals surface area contributed by atoms with Gasteiger partial charge in [-0.05, 0) is 37.0 Å². The van der Waals surface area contributed by atoms with E-state index < -0.39 is 0 Å². The Morgan fingerprint density at radius 1 is 1.26 bits per heavy atom. The van der Waals surface area contributed by atoms with Crippen LogP contribution in [0, 0.1) is 0 Å². The van der Waals surface area contributed by atoms with Gasteiger partial charge in [-0.1, -0.05) is 36.5 Å². The van der Waals surface area contributed by atoms with Crippen LogP contribution in [0.2, 0.25) is 0 Å². The van der Waals surface area contributed by atoms with Crippen LogP contribution in [0.25, 0.3) is 0 Å².